The van der Waals surface area contributed by atoms with Gasteiger partial charge >= 0.3 is 0 Å². The number of carbonyl (C=O) groups excluding carboxylic acids is 1. The zero-order valence-corrected chi connectivity index (χ0v) is 16.2. The fourth-order valence-electron chi connectivity index (χ4n) is 2.92. The van der Waals surface area contributed by atoms with Gasteiger partial charge in [-0.1, -0.05) is 42.4 Å². The minimum atomic E-state index is -0.161. The van der Waals surface area contributed by atoms with E-state index in [2.05, 4.69) is 25.7 Å². The van der Waals surface area contributed by atoms with E-state index in [9.17, 15) is 4.79 Å². The number of hydrogen-bond acceptors (Lipinski definition) is 6. The van der Waals surface area contributed by atoms with E-state index in [0.717, 1.165) is 5.56 Å². The summed E-state index contributed by atoms with van der Waals surface area (Å²) in [7, 11) is 0. The van der Waals surface area contributed by atoms with Crippen molar-refractivity contribution in [2.45, 2.75) is 26.8 Å². The standard InChI is InChI=1S/C21H20N6O2/c1-3-17-23-21(29-26-17)16-10-7-11-27-18(24-25-19(16)27)13-22-20(28)14(2)12-15-8-5-4-6-9-15/h4-12H,3,13H2,1-2H3,(H,22,28). The molecule has 0 bridgehead atoms. The van der Waals surface area contributed by atoms with Crippen molar-refractivity contribution in [1.29, 1.82) is 0 Å². The smallest absolute Gasteiger partial charge is 0.261 e. The van der Waals surface area contributed by atoms with Crippen LogP contribution < -0.4 is 5.32 Å². The number of fused-ring (bicyclic) bond motifs is 1. The second kappa shape index (κ2) is 8.05. The van der Waals surface area contributed by atoms with Crippen molar-refractivity contribution in [2.24, 2.45) is 0 Å². The molecule has 1 aromatic carbocycles. The van der Waals surface area contributed by atoms with E-state index in [1.807, 2.05) is 66.1 Å². The number of hydrogen-bond donors (Lipinski definition) is 1. The SMILES string of the molecule is CCc1noc(-c2cccn3c(CNC(=O)C(C)=Cc4ccccc4)nnc23)n1. The Hall–Kier alpha value is -3.81. The Morgan fingerprint density at radius 1 is 1.17 bits per heavy atom. The second-order valence-electron chi connectivity index (χ2n) is 6.52. The quantitative estimate of drug-likeness (QED) is 0.510. The first-order valence-electron chi connectivity index (χ1n) is 9.33. The molecule has 0 spiro atoms. The molecule has 29 heavy (non-hydrogen) atoms. The van der Waals surface area contributed by atoms with Crippen LogP contribution >= 0.6 is 0 Å². The van der Waals surface area contributed by atoms with Crippen molar-refractivity contribution < 1.29 is 9.32 Å². The summed E-state index contributed by atoms with van der Waals surface area (Å²) < 4.78 is 7.13. The summed E-state index contributed by atoms with van der Waals surface area (Å²) in [6, 6.07) is 13.4. The molecule has 0 aliphatic heterocycles. The van der Waals surface area contributed by atoms with Gasteiger partial charge in [-0.3, -0.25) is 9.20 Å². The molecule has 0 aliphatic rings. The molecule has 0 unspecified atom stereocenters. The minimum Gasteiger partial charge on any atom is -0.345 e. The average Bonchev–Trinajstić information content (AvgIpc) is 3.39. The van der Waals surface area contributed by atoms with E-state index in [-0.39, 0.29) is 12.5 Å². The molecule has 8 nitrogen and oxygen atoms in total. The van der Waals surface area contributed by atoms with Crippen molar-refractivity contribution in [3.05, 3.63) is 71.4 Å². The van der Waals surface area contributed by atoms with Crippen LogP contribution in [0.4, 0.5) is 0 Å². The molecule has 3 aromatic heterocycles. The van der Waals surface area contributed by atoms with Crippen LogP contribution in [0.15, 0.2) is 58.8 Å². The zero-order valence-electron chi connectivity index (χ0n) is 16.2. The van der Waals surface area contributed by atoms with Crippen molar-refractivity contribution in [3.8, 4) is 11.5 Å². The molecule has 8 heteroatoms. The highest BCUT2D eigenvalue weighted by Gasteiger charge is 2.16. The Morgan fingerprint density at radius 3 is 2.76 bits per heavy atom. The topological polar surface area (TPSA) is 98.2 Å². The molecule has 0 fully saturated rings. The summed E-state index contributed by atoms with van der Waals surface area (Å²) in [5, 5.41) is 15.3. The van der Waals surface area contributed by atoms with Crippen LogP contribution in [0.1, 0.15) is 31.1 Å². The number of rotatable bonds is 6. The number of aryl methyl sites for hydroxylation is 1. The molecule has 0 atom stereocenters. The molecule has 146 valence electrons. The van der Waals surface area contributed by atoms with Gasteiger partial charge in [-0.2, -0.15) is 4.98 Å². The predicted molar refractivity (Wildman–Crippen MR) is 108 cm³/mol. The monoisotopic (exact) mass is 388 g/mol. The molecule has 0 aliphatic carbocycles. The number of amides is 1. The summed E-state index contributed by atoms with van der Waals surface area (Å²) >= 11 is 0. The third-order valence-corrected chi connectivity index (χ3v) is 4.47. The summed E-state index contributed by atoms with van der Waals surface area (Å²) in [5.41, 5.74) is 2.89. The Kier molecular flexibility index (Phi) is 5.15. The van der Waals surface area contributed by atoms with Gasteiger partial charge in [0.15, 0.2) is 17.3 Å². The van der Waals surface area contributed by atoms with Gasteiger partial charge in [-0.15, -0.1) is 10.2 Å². The van der Waals surface area contributed by atoms with E-state index in [1.54, 1.807) is 6.92 Å². The van der Waals surface area contributed by atoms with Crippen molar-refractivity contribution in [2.75, 3.05) is 0 Å². The lowest BCUT2D eigenvalue weighted by molar-refractivity contribution is -0.117. The Bertz CT molecular complexity index is 1180. The van der Waals surface area contributed by atoms with Gasteiger partial charge < -0.3 is 9.84 Å². The van der Waals surface area contributed by atoms with Gasteiger partial charge in [0.25, 0.3) is 5.89 Å². The summed E-state index contributed by atoms with van der Waals surface area (Å²) in [4.78, 5) is 16.8. The van der Waals surface area contributed by atoms with Gasteiger partial charge in [0, 0.05) is 18.2 Å². The summed E-state index contributed by atoms with van der Waals surface area (Å²) in [6.45, 7) is 3.98. The first-order chi connectivity index (χ1) is 14.2. The molecule has 0 saturated carbocycles. The third kappa shape index (κ3) is 3.91. The highest BCUT2D eigenvalue weighted by atomic mass is 16.5. The fourth-order valence-corrected chi connectivity index (χ4v) is 2.92. The Balaban J connectivity index is 1.52. The lowest BCUT2D eigenvalue weighted by Crippen LogP contribution is -2.24. The lowest BCUT2D eigenvalue weighted by Gasteiger charge is -2.05. The second-order valence-corrected chi connectivity index (χ2v) is 6.52. The van der Waals surface area contributed by atoms with Crippen LogP contribution in [0.3, 0.4) is 0 Å². The fraction of sp³-hybridized carbons (Fsp3) is 0.190. The molecule has 0 radical (unpaired) electrons. The van der Waals surface area contributed by atoms with Crippen molar-refractivity contribution in [1.82, 2.24) is 30.1 Å². The largest absolute Gasteiger partial charge is 0.345 e. The molecule has 3 heterocycles. The highest BCUT2D eigenvalue weighted by Crippen LogP contribution is 2.22. The van der Waals surface area contributed by atoms with Gasteiger partial charge in [0.2, 0.25) is 5.91 Å². The van der Waals surface area contributed by atoms with Gasteiger partial charge in [-0.25, -0.2) is 0 Å². The van der Waals surface area contributed by atoms with E-state index < -0.39 is 0 Å². The van der Waals surface area contributed by atoms with E-state index >= 15 is 0 Å². The third-order valence-electron chi connectivity index (χ3n) is 4.47. The van der Waals surface area contributed by atoms with Crippen LogP contribution in [0.2, 0.25) is 0 Å². The normalized spacial score (nSPS) is 11.7. The molecule has 1 N–H and O–H groups in total. The average molecular weight is 388 g/mol. The summed E-state index contributed by atoms with van der Waals surface area (Å²) in [5.74, 6) is 1.48. The number of nitrogens with zero attached hydrogens (tertiary/aromatic N) is 5. The highest BCUT2D eigenvalue weighted by molar-refractivity contribution is 5.97. The maximum atomic E-state index is 12.4. The number of aromatic nitrogens is 5. The van der Waals surface area contributed by atoms with Crippen LogP contribution in [0.5, 0.6) is 0 Å². The van der Waals surface area contributed by atoms with Crippen LogP contribution in [0, 0.1) is 0 Å². The molecular weight excluding hydrogens is 368 g/mol. The first kappa shape index (κ1) is 18.5. The minimum absolute atomic E-state index is 0.161. The maximum absolute atomic E-state index is 12.4. The van der Waals surface area contributed by atoms with Crippen LogP contribution in [-0.2, 0) is 17.8 Å². The first-order valence-corrected chi connectivity index (χ1v) is 9.33. The number of pyridine rings is 1. The molecule has 4 rings (SSSR count). The van der Waals surface area contributed by atoms with E-state index in [0.29, 0.717) is 40.7 Å². The van der Waals surface area contributed by atoms with Gasteiger partial charge in [-0.05, 0) is 30.7 Å². The van der Waals surface area contributed by atoms with E-state index in [4.69, 9.17) is 4.52 Å². The zero-order chi connectivity index (χ0) is 20.2. The van der Waals surface area contributed by atoms with Crippen molar-refractivity contribution in [3.63, 3.8) is 0 Å². The van der Waals surface area contributed by atoms with Gasteiger partial charge in [0.05, 0.1) is 12.1 Å². The van der Waals surface area contributed by atoms with E-state index in [1.165, 1.54) is 0 Å². The van der Waals surface area contributed by atoms with Gasteiger partial charge in [0.1, 0.15) is 0 Å². The predicted octanol–water partition coefficient (Wildman–Crippen LogP) is 3.06. The Morgan fingerprint density at radius 2 is 2.00 bits per heavy atom. The molecule has 1 amide bonds. The molecular formula is C21H20N6O2. The van der Waals surface area contributed by atoms with Crippen LogP contribution in [-0.4, -0.2) is 30.6 Å². The molecule has 4 aromatic rings. The molecule has 0 saturated heterocycles. The van der Waals surface area contributed by atoms with Crippen molar-refractivity contribution >= 4 is 17.6 Å². The Labute approximate surface area is 167 Å². The number of benzene rings is 1. The number of nitrogens with one attached hydrogen (secondary N) is 1. The number of carbonyl (C=O) groups is 1. The lowest BCUT2D eigenvalue weighted by atomic mass is 10.1. The van der Waals surface area contributed by atoms with Crippen LogP contribution in [0.25, 0.3) is 23.2 Å². The maximum Gasteiger partial charge on any atom is 0.261 e. The summed E-state index contributed by atoms with van der Waals surface area (Å²) in [6.07, 6.45) is 4.37.